The lowest BCUT2D eigenvalue weighted by molar-refractivity contribution is -0.140. The lowest BCUT2D eigenvalue weighted by atomic mass is 10.2. The third-order valence-electron chi connectivity index (χ3n) is 2.93. The molecule has 0 spiro atoms. The number of carboxylic acids is 1. The van der Waals surface area contributed by atoms with Gasteiger partial charge in [-0.15, -0.1) is 11.8 Å². The lowest BCUT2D eigenvalue weighted by Gasteiger charge is -2.21. The van der Waals surface area contributed by atoms with Crippen LogP contribution in [0.15, 0.2) is 26.0 Å². The normalized spacial score (nSPS) is 20.2. The predicted octanol–water partition coefficient (Wildman–Crippen LogP) is 2.67. The van der Waals surface area contributed by atoms with E-state index < -0.39 is 22.0 Å². The van der Waals surface area contributed by atoms with Crippen molar-refractivity contribution in [1.82, 2.24) is 4.31 Å². The second-order valence-electron chi connectivity index (χ2n) is 4.28. The third-order valence-corrected chi connectivity index (χ3v) is 7.77. The van der Waals surface area contributed by atoms with Gasteiger partial charge in [0.1, 0.15) is 6.04 Å². The van der Waals surface area contributed by atoms with E-state index >= 15 is 0 Å². The number of sulfonamides is 1. The van der Waals surface area contributed by atoms with E-state index in [2.05, 4.69) is 31.9 Å². The van der Waals surface area contributed by atoms with Crippen LogP contribution >= 0.6 is 43.6 Å². The number of nitrogens with zero attached hydrogens (tertiary/aromatic N) is 1. The molecule has 0 bridgehead atoms. The molecule has 0 saturated carbocycles. The Kier molecular flexibility index (Phi) is 4.85. The Morgan fingerprint density at radius 1 is 1.40 bits per heavy atom. The average molecular weight is 445 g/mol. The molecule has 1 aromatic carbocycles. The van der Waals surface area contributed by atoms with E-state index in [1.54, 1.807) is 6.07 Å². The number of halogens is 2. The van der Waals surface area contributed by atoms with Crippen LogP contribution in [0.1, 0.15) is 5.56 Å². The van der Waals surface area contributed by atoms with Crippen LogP contribution in [0.3, 0.4) is 0 Å². The molecule has 1 aromatic rings. The van der Waals surface area contributed by atoms with Gasteiger partial charge in [-0.1, -0.05) is 15.9 Å². The Morgan fingerprint density at radius 3 is 2.65 bits per heavy atom. The predicted molar refractivity (Wildman–Crippen MR) is 84.4 cm³/mol. The van der Waals surface area contributed by atoms with Gasteiger partial charge >= 0.3 is 5.97 Å². The SMILES string of the molecule is Cc1cc(Br)c(S(=O)(=O)N2CSCC2C(=O)O)cc1Br. The highest BCUT2D eigenvalue weighted by Crippen LogP contribution is 2.34. The largest absolute Gasteiger partial charge is 0.480 e. The maximum atomic E-state index is 12.6. The second-order valence-corrected chi connectivity index (χ2v) is 8.85. The minimum atomic E-state index is -3.85. The number of hydrogen-bond acceptors (Lipinski definition) is 4. The van der Waals surface area contributed by atoms with Crippen molar-refractivity contribution in [3.8, 4) is 0 Å². The molecule has 2 rings (SSSR count). The summed E-state index contributed by atoms with van der Waals surface area (Å²) in [4.78, 5) is 11.2. The molecule has 0 aromatic heterocycles. The van der Waals surface area contributed by atoms with E-state index in [4.69, 9.17) is 5.11 Å². The van der Waals surface area contributed by atoms with E-state index in [1.165, 1.54) is 17.8 Å². The zero-order valence-corrected chi connectivity index (χ0v) is 15.1. The van der Waals surface area contributed by atoms with Gasteiger partial charge in [0.05, 0.1) is 10.8 Å². The number of carboxylic acid groups (broad SMARTS) is 1. The standard InChI is InChI=1S/C11H11Br2NO4S2/c1-6-2-8(13)10(3-7(6)12)20(17,18)14-5-19-4-9(14)11(15)16/h2-3,9H,4-5H2,1H3,(H,15,16). The molecule has 1 saturated heterocycles. The summed E-state index contributed by atoms with van der Waals surface area (Å²) in [5.74, 6) is -0.711. The second kappa shape index (κ2) is 5.96. The maximum absolute atomic E-state index is 12.6. The van der Waals surface area contributed by atoms with Crippen LogP contribution < -0.4 is 0 Å². The number of rotatable bonds is 3. The molecule has 9 heteroatoms. The summed E-state index contributed by atoms with van der Waals surface area (Å²) < 4.78 is 27.4. The molecule has 1 aliphatic heterocycles. The summed E-state index contributed by atoms with van der Waals surface area (Å²) in [6.45, 7) is 1.84. The van der Waals surface area contributed by atoms with Gasteiger partial charge in [0.25, 0.3) is 0 Å². The third kappa shape index (κ3) is 2.92. The first-order valence-electron chi connectivity index (χ1n) is 5.53. The van der Waals surface area contributed by atoms with Crippen molar-refractivity contribution in [3.05, 3.63) is 26.6 Å². The highest BCUT2D eigenvalue weighted by atomic mass is 79.9. The molecule has 20 heavy (non-hydrogen) atoms. The van der Waals surface area contributed by atoms with E-state index in [0.29, 0.717) is 8.95 Å². The van der Waals surface area contributed by atoms with E-state index in [9.17, 15) is 13.2 Å². The minimum Gasteiger partial charge on any atom is -0.480 e. The highest BCUT2D eigenvalue weighted by Gasteiger charge is 2.40. The topological polar surface area (TPSA) is 74.7 Å². The van der Waals surface area contributed by atoms with Crippen molar-refractivity contribution in [3.63, 3.8) is 0 Å². The van der Waals surface area contributed by atoms with Gasteiger partial charge in [-0.2, -0.15) is 4.31 Å². The first-order chi connectivity index (χ1) is 9.25. The average Bonchev–Trinajstić information content (AvgIpc) is 2.83. The zero-order chi connectivity index (χ0) is 15.1. The number of thioether (sulfide) groups is 1. The highest BCUT2D eigenvalue weighted by molar-refractivity contribution is 9.11. The van der Waals surface area contributed by atoms with Crippen LogP contribution in [0.2, 0.25) is 0 Å². The summed E-state index contributed by atoms with van der Waals surface area (Å²) in [5, 5.41) is 9.12. The molecule has 0 radical (unpaired) electrons. The minimum absolute atomic E-state index is 0.0729. The van der Waals surface area contributed by atoms with Gasteiger partial charge in [-0.25, -0.2) is 8.42 Å². The summed E-state index contributed by atoms with van der Waals surface area (Å²) in [6.07, 6.45) is 0. The van der Waals surface area contributed by atoms with Crippen LogP contribution in [-0.4, -0.2) is 41.5 Å². The van der Waals surface area contributed by atoms with Gasteiger partial charge in [0.15, 0.2) is 0 Å². The quantitative estimate of drug-likeness (QED) is 0.775. The first-order valence-corrected chi connectivity index (χ1v) is 9.71. The van der Waals surface area contributed by atoms with Crippen LogP contribution in [0, 0.1) is 6.92 Å². The Hall–Kier alpha value is -0.0900. The molecule has 1 fully saturated rings. The fourth-order valence-corrected chi connectivity index (χ4v) is 6.59. The first kappa shape index (κ1) is 16.3. The van der Waals surface area contributed by atoms with Gasteiger partial charge in [0.2, 0.25) is 10.0 Å². The smallest absolute Gasteiger partial charge is 0.322 e. The van der Waals surface area contributed by atoms with Crippen LogP contribution in [0.25, 0.3) is 0 Å². The van der Waals surface area contributed by atoms with Crippen molar-refractivity contribution in [2.24, 2.45) is 0 Å². The molecule has 0 amide bonds. The summed E-state index contributed by atoms with van der Waals surface area (Å²) in [5.41, 5.74) is 0.890. The number of hydrogen-bond donors (Lipinski definition) is 1. The molecule has 1 heterocycles. The molecular formula is C11H11Br2NO4S2. The van der Waals surface area contributed by atoms with Crippen molar-refractivity contribution < 1.29 is 18.3 Å². The van der Waals surface area contributed by atoms with Gasteiger partial charge in [-0.05, 0) is 40.5 Å². The molecular weight excluding hydrogens is 434 g/mol. The van der Waals surface area contributed by atoms with E-state index in [1.807, 2.05) is 6.92 Å². The molecule has 5 nitrogen and oxygen atoms in total. The van der Waals surface area contributed by atoms with Gasteiger partial charge < -0.3 is 5.11 Å². The number of benzene rings is 1. The fraction of sp³-hybridized carbons (Fsp3) is 0.364. The van der Waals surface area contributed by atoms with Crippen LogP contribution in [0.5, 0.6) is 0 Å². The monoisotopic (exact) mass is 443 g/mol. The van der Waals surface area contributed by atoms with Crippen molar-refractivity contribution in [1.29, 1.82) is 0 Å². The maximum Gasteiger partial charge on any atom is 0.322 e. The number of aryl methyl sites for hydroxylation is 1. The Labute approximate surface area is 138 Å². The van der Waals surface area contributed by atoms with Gasteiger partial charge in [-0.3, -0.25) is 4.79 Å². The molecule has 110 valence electrons. The fourth-order valence-electron chi connectivity index (χ4n) is 1.81. The Balaban J connectivity index is 2.50. The summed E-state index contributed by atoms with van der Waals surface area (Å²) in [7, 11) is -3.85. The molecule has 1 N–H and O–H groups in total. The van der Waals surface area contributed by atoms with E-state index in [0.717, 1.165) is 9.87 Å². The van der Waals surface area contributed by atoms with Crippen LogP contribution in [-0.2, 0) is 14.8 Å². The molecule has 1 unspecified atom stereocenters. The number of aliphatic carboxylic acids is 1. The molecule has 1 aliphatic rings. The van der Waals surface area contributed by atoms with Crippen molar-refractivity contribution in [2.45, 2.75) is 17.9 Å². The summed E-state index contributed by atoms with van der Waals surface area (Å²) in [6, 6.07) is 2.17. The van der Waals surface area contributed by atoms with Gasteiger partial charge in [0, 0.05) is 14.7 Å². The summed E-state index contributed by atoms with van der Waals surface area (Å²) >= 11 is 7.83. The number of carbonyl (C=O) groups is 1. The van der Waals surface area contributed by atoms with Crippen LogP contribution in [0.4, 0.5) is 0 Å². The Morgan fingerprint density at radius 2 is 2.05 bits per heavy atom. The van der Waals surface area contributed by atoms with Crippen molar-refractivity contribution in [2.75, 3.05) is 11.6 Å². The molecule has 1 atom stereocenters. The van der Waals surface area contributed by atoms with E-state index in [-0.39, 0.29) is 16.5 Å². The van der Waals surface area contributed by atoms with Crippen molar-refractivity contribution >= 4 is 59.6 Å². The lowest BCUT2D eigenvalue weighted by Crippen LogP contribution is -2.41. The molecule has 0 aliphatic carbocycles. The Bertz CT molecular complexity index is 663. The zero-order valence-electron chi connectivity index (χ0n) is 10.3.